The van der Waals surface area contributed by atoms with E-state index in [1.807, 2.05) is 57.7 Å². The molecular formula is C18H26BNO3. The second-order valence-electron chi connectivity index (χ2n) is 7.72. The van der Waals surface area contributed by atoms with Crippen molar-refractivity contribution in [1.82, 2.24) is 4.90 Å². The molecule has 0 N–H and O–H groups in total. The Morgan fingerprint density at radius 3 is 2.17 bits per heavy atom. The standard InChI is InChI=1S/C18H26BNO3/c1-13-10-14(16(21)20-8-6-7-9-20)12-15(11-13)19-22-17(2,3)18(4,5)23-19/h10-12H,6-9H2,1-5H3. The lowest BCUT2D eigenvalue weighted by Gasteiger charge is -2.32. The highest BCUT2D eigenvalue weighted by Crippen LogP contribution is 2.36. The van der Waals surface area contributed by atoms with E-state index in [9.17, 15) is 4.79 Å². The number of hydrogen-bond acceptors (Lipinski definition) is 3. The van der Waals surface area contributed by atoms with E-state index < -0.39 is 7.12 Å². The first kappa shape index (κ1) is 16.5. The SMILES string of the molecule is Cc1cc(B2OC(C)(C)C(C)(C)O2)cc(C(=O)N2CCCC2)c1. The number of carbonyl (C=O) groups is 1. The summed E-state index contributed by atoms with van der Waals surface area (Å²) < 4.78 is 12.2. The van der Waals surface area contributed by atoms with Crippen LogP contribution in [0.5, 0.6) is 0 Å². The van der Waals surface area contributed by atoms with Gasteiger partial charge in [0.2, 0.25) is 0 Å². The Bertz CT molecular complexity index is 605. The summed E-state index contributed by atoms with van der Waals surface area (Å²) in [5.41, 5.74) is 1.96. The topological polar surface area (TPSA) is 38.8 Å². The van der Waals surface area contributed by atoms with Gasteiger partial charge in [-0.1, -0.05) is 11.6 Å². The van der Waals surface area contributed by atoms with Crippen molar-refractivity contribution in [3.05, 3.63) is 29.3 Å². The Labute approximate surface area is 139 Å². The highest BCUT2D eigenvalue weighted by Gasteiger charge is 2.51. The molecule has 2 aliphatic heterocycles. The van der Waals surface area contributed by atoms with Gasteiger partial charge in [-0.05, 0) is 65.1 Å². The number of aryl methyl sites for hydroxylation is 1. The molecule has 1 amide bonds. The number of hydrogen-bond donors (Lipinski definition) is 0. The summed E-state index contributed by atoms with van der Waals surface area (Å²) in [5.74, 6) is 0.115. The quantitative estimate of drug-likeness (QED) is 0.787. The Kier molecular flexibility index (Phi) is 4.05. The molecule has 0 unspecified atom stereocenters. The predicted molar refractivity (Wildman–Crippen MR) is 92.0 cm³/mol. The van der Waals surface area contributed by atoms with Crippen LogP contribution in [-0.2, 0) is 9.31 Å². The van der Waals surface area contributed by atoms with E-state index in [-0.39, 0.29) is 17.1 Å². The van der Waals surface area contributed by atoms with E-state index in [0.29, 0.717) is 0 Å². The second kappa shape index (κ2) is 5.64. The monoisotopic (exact) mass is 315 g/mol. The van der Waals surface area contributed by atoms with Crippen molar-refractivity contribution in [3.8, 4) is 0 Å². The van der Waals surface area contributed by atoms with E-state index in [0.717, 1.165) is 42.5 Å². The molecule has 0 atom stereocenters. The molecule has 1 aromatic carbocycles. The maximum Gasteiger partial charge on any atom is 0.494 e. The third kappa shape index (κ3) is 3.04. The van der Waals surface area contributed by atoms with Gasteiger partial charge in [0.15, 0.2) is 0 Å². The largest absolute Gasteiger partial charge is 0.494 e. The molecule has 0 spiro atoms. The van der Waals surface area contributed by atoms with Crippen LogP contribution in [0.1, 0.15) is 56.5 Å². The highest BCUT2D eigenvalue weighted by atomic mass is 16.7. The van der Waals surface area contributed by atoms with Crippen molar-refractivity contribution in [2.45, 2.75) is 58.7 Å². The molecule has 2 fully saturated rings. The summed E-state index contributed by atoms with van der Waals surface area (Å²) in [6, 6.07) is 5.92. The van der Waals surface area contributed by atoms with Gasteiger partial charge < -0.3 is 14.2 Å². The molecule has 0 aromatic heterocycles. The number of likely N-dealkylation sites (tertiary alicyclic amines) is 1. The van der Waals surface area contributed by atoms with Crippen LogP contribution in [0.4, 0.5) is 0 Å². The zero-order valence-electron chi connectivity index (χ0n) is 14.8. The first-order valence-corrected chi connectivity index (χ1v) is 8.46. The van der Waals surface area contributed by atoms with Crippen LogP contribution in [0.15, 0.2) is 18.2 Å². The molecule has 2 heterocycles. The average molecular weight is 315 g/mol. The Morgan fingerprint density at radius 2 is 1.61 bits per heavy atom. The van der Waals surface area contributed by atoms with Crippen molar-refractivity contribution in [1.29, 1.82) is 0 Å². The number of rotatable bonds is 2. The number of benzene rings is 1. The van der Waals surface area contributed by atoms with Gasteiger partial charge in [-0.25, -0.2) is 0 Å². The highest BCUT2D eigenvalue weighted by molar-refractivity contribution is 6.62. The van der Waals surface area contributed by atoms with Gasteiger partial charge in [0.1, 0.15) is 0 Å². The summed E-state index contributed by atoms with van der Waals surface area (Å²) in [5, 5.41) is 0. The van der Waals surface area contributed by atoms with Crippen LogP contribution in [0.25, 0.3) is 0 Å². The average Bonchev–Trinajstić information content (AvgIpc) is 3.04. The van der Waals surface area contributed by atoms with E-state index in [1.54, 1.807) is 0 Å². The lowest BCUT2D eigenvalue weighted by atomic mass is 9.77. The molecule has 0 bridgehead atoms. The minimum atomic E-state index is -0.426. The van der Waals surface area contributed by atoms with Gasteiger partial charge in [0.25, 0.3) is 5.91 Å². The van der Waals surface area contributed by atoms with Gasteiger partial charge in [-0.2, -0.15) is 0 Å². The minimum absolute atomic E-state index is 0.115. The molecule has 0 saturated carbocycles. The third-order valence-electron chi connectivity index (χ3n) is 5.27. The van der Waals surface area contributed by atoms with Crippen molar-refractivity contribution in [3.63, 3.8) is 0 Å². The number of carbonyl (C=O) groups excluding carboxylic acids is 1. The van der Waals surface area contributed by atoms with Crippen LogP contribution in [-0.4, -0.2) is 42.2 Å². The van der Waals surface area contributed by atoms with Gasteiger partial charge in [-0.15, -0.1) is 0 Å². The molecule has 0 aliphatic carbocycles. The third-order valence-corrected chi connectivity index (χ3v) is 5.27. The van der Waals surface area contributed by atoms with E-state index in [4.69, 9.17) is 9.31 Å². The summed E-state index contributed by atoms with van der Waals surface area (Å²) in [4.78, 5) is 14.6. The fourth-order valence-electron chi connectivity index (χ4n) is 3.15. The summed E-state index contributed by atoms with van der Waals surface area (Å²) in [7, 11) is -0.426. The van der Waals surface area contributed by atoms with Crippen LogP contribution in [0.2, 0.25) is 0 Å². The zero-order chi connectivity index (χ0) is 16.8. The molecule has 124 valence electrons. The van der Waals surface area contributed by atoms with Gasteiger partial charge in [-0.3, -0.25) is 4.79 Å². The molecular weight excluding hydrogens is 289 g/mol. The predicted octanol–water partition coefficient (Wildman–Crippen LogP) is 2.53. The minimum Gasteiger partial charge on any atom is -0.399 e. The fraction of sp³-hybridized carbons (Fsp3) is 0.611. The zero-order valence-corrected chi connectivity index (χ0v) is 14.8. The van der Waals surface area contributed by atoms with Crippen molar-refractivity contribution in [2.24, 2.45) is 0 Å². The lowest BCUT2D eigenvalue weighted by Crippen LogP contribution is -2.41. The molecule has 1 aromatic rings. The maximum atomic E-state index is 12.7. The van der Waals surface area contributed by atoms with E-state index in [2.05, 4.69) is 0 Å². The van der Waals surface area contributed by atoms with Crippen molar-refractivity contribution in [2.75, 3.05) is 13.1 Å². The second-order valence-corrected chi connectivity index (χ2v) is 7.72. The van der Waals surface area contributed by atoms with Gasteiger partial charge >= 0.3 is 7.12 Å². The van der Waals surface area contributed by atoms with Crippen molar-refractivity contribution >= 4 is 18.5 Å². The van der Waals surface area contributed by atoms with E-state index >= 15 is 0 Å². The molecule has 23 heavy (non-hydrogen) atoms. The van der Waals surface area contributed by atoms with E-state index in [1.165, 1.54) is 0 Å². The summed E-state index contributed by atoms with van der Waals surface area (Å²) >= 11 is 0. The Morgan fingerprint density at radius 1 is 1.04 bits per heavy atom. The molecule has 2 aliphatic rings. The van der Waals surface area contributed by atoms with Gasteiger partial charge in [0.05, 0.1) is 11.2 Å². The first-order valence-electron chi connectivity index (χ1n) is 8.46. The van der Waals surface area contributed by atoms with Gasteiger partial charge in [0, 0.05) is 18.7 Å². The van der Waals surface area contributed by atoms with Crippen LogP contribution in [0, 0.1) is 6.92 Å². The Balaban J connectivity index is 1.88. The maximum absolute atomic E-state index is 12.7. The van der Waals surface area contributed by atoms with Crippen molar-refractivity contribution < 1.29 is 14.1 Å². The molecule has 2 saturated heterocycles. The van der Waals surface area contributed by atoms with Crippen LogP contribution in [0.3, 0.4) is 0 Å². The lowest BCUT2D eigenvalue weighted by molar-refractivity contribution is 0.00578. The summed E-state index contributed by atoms with van der Waals surface area (Å²) in [6.45, 7) is 11.9. The molecule has 4 nitrogen and oxygen atoms in total. The Hall–Kier alpha value is -1.33. The number of amides is 1. The number of nitrogens with zero attached hydrogens (tertiary/aromatic N) is 1. The molecule has 0 radical (unpaired) electrons. The van der Waals surface area contributed by atoms with Crippen LogP contribution >= 0.6 is 0 Å². The molecule has 5 heteroatoms. The first-order chi connectivity index (χ1) is 10.7. The molecule has 3 rings (SSSR count). The van der Waals surface area contributed by atoms with Crippen LogP contribution < -0.4 is 5.46 Å². The fourth-order valence-corrected chi connectivity index (χ4v) is 3.15. The normalized spacial score (nSPS) is 22.7. The summed E-state index contributed by atoms with van der Waals surface area (Å²) in [6.07, 6.45) is 2.20. The smallest absolute Gasteiger partial charge is 0.399 e.